The van der Waals surface area contributed by atoms with Gasteiger partial charge < -0.3 is 4.74 Å². The SMILES string of the molecule is FC(F)(F)COC(CC(F)(F)F)c1ccccc1. The number of rotatable bonds is 4. The normalized spacial score (nSPS) is 14.6. The van der Waals surface area contributed by atoms with Gasteiger partial charge in [0.05, 0.1) is 12.5 Å². The van der Waals surface area contributed by atoms with E-state index in [4.69, 9.17) is 0 Å². The zero-order valence-electron chi connectivity index (χ0n) is 9.05. The second kappa shape index (κ2) is 5.60. The number of benzene rings is 1. The average molecular weight is 272 g/mol. The average Bonchev–Trinajstić information content (AvgIpc) is 2.23. The molecule has 0 aliphatic rings. The zero-order valence-corrected chi connectivity index (χ0v) is 9.05. The van der Waals surface area contributed by atoms with Gasteiger partial charge in [-0.15, -0.1) is 0 Å². The largest absolute Gasteiger partial charge is 0.411 e. The van der Waals surface area contributed by atoms with Crippen molar-refractivity contribution < 1.29 is 31.1 Å². The van der Waals surface area contributed by atoms with Crippen molar-refractivity contribution in [2.75, 3.05) is 6.61 Å². The molecule has 0 bridgehead atoms. The Kier molecular flexibility index (Phi) is 4.61. The summed E-state index contributed by atoms with van der Waals surface area (Å²) in [5.74, 6) is 0. The highest BCUT2D eigenvalue weighted by atomic mass is 19.4. The maximum atomic E-state index is 12.3. The molecule has 0 aliphatic heterocycles. The smallest absolute Gasteiger partial charge is 0.364 e. The van der Waals surface area contributed by atoms with Crippen LogP contribution in [0.25, 0.3) is 0 Å². The van der Waals surface area contributed by atoms with Crippen molar-refractivity contribution in [1.29, 1.82) is 0 Å². The summed E-state index contributed by atoms with van der Waals surface area (Å²) in [5.41, 5.74) is 0.0686. The lowest BCUT2D eigenvalue weighted by Crippen LogP contribution is -2.23. The molecular formula is C11H10F6O. The zero-order chi connectivity index (χ0) is 13.8. The van der Waals surface area contributed by atoms with Gasteiger partial charge in [0.15, 0.2) is 0 Å². The van der Waals surface area contributed by atoms with Gasteiger partial charge in [-0.3, -0.25) is 0 Å². The number of hydrogen-bond acceptors (Lipinski definition) is 1. The third-order valence-electron chi connectivity index (χ3n) is 2.04. The number of alkyl halides is 6. The molecule has 0 heterocycles. The summed E-state index contributed by atoms with van der Waals surface area (Å²) in [6.45, 7) is -1.71. The third kappa shape index (κ3) is 5.90. The van der Waals surface area contributed by atoms with Crippen molar-refractivity contribution in [3.05, 3.63) is 35.9 Å². The van der Waals surface area contributed by atoms with E-state index in [1.807, 2.05) is 0 Å². The highest BCUT2D eigenvalue weighted by molar-refractivity contribution is 5.17. The molecule has 1 atom stereocenters. The van der Waals surface area contributed by atoms with Crippen LogP contribution in [0.3, 0.4) is 0 Å². The van der Waals surface area contributed by atoms with E-state index in [1.165, 1.54) is 24.3 Å². The summed E-state index contributed by atoms with van der Waals surface area (Å²) in [7, 11) is 0. The molecule has 0 aromatic heterocycles. The molecule has 0 spiro atoms. The molecule has 7 heteroatoms. The monoisotopic (exact) mass is 272 g/mol. The summed E-state index contributed by atoms with van der Waals surface area (Å²) >= 11 is 0. The quantitative estimate of drug-likeness (QED) is 0.744. The Balaban J connectivity index is 2.76. The molecule has 1 unspecified atom stereocenters. The molecule has 1 rings (SSSR count). The summed E-state index contributed by atoms with van der Waals surface area (Å²) in [6.07, 6.45) is -12.3. The van der Waals surface area contributed by atoms with Gasteiger partial charge in [-0.2, -0.15) is 26.3 Å². The molecule has 1 aromatic carbocycles. The van der Waals surface area contributed by atoms with E-state index in [9.17, 15) is 26.3 Å². The Bertz CT molecular complexity index is 356. The molecule has 0 saturated carbocycles. The first-order valence-corrected chi connectivity index (χ1v) is 4.97. The molecular weight excluding hydrogens is 262 g/mol. The minimum absolute atomic E-state index is 0.0686. The van der Waals surface area contributed by atoms with Crippen LogP contribution in [0.5, 0.6) is 0 Å². The molecule has 0 amide bonds. The van der Waals surface area contributed by atoms with E-state index in [-0.39, 0.29) is 5.56 Å². The van der Waals surface area contributed by atoms with Crippen molar-refractivity contribution >= 4 is 0 Å². The van der Waals surface area contributed by atoms with Crippen molar-refractivity contribution in [2.24, 2.45) is 0 Å². The lowest BCUT2D eigenvalue weighted by Gasteiger charge is -2.20. The summed E-state index contributed by atoms with van der Waals surface area (Å²) < 4.78 is 76.9. The predicted octanol–water partition coefficient (Wildman–Crippen LogP) is 4.26. The molecule has 1 aromatic rings. The van der Waals surface area contributed by atoms with E-state index in [2.05, 4.69) is 4.74 Å². The fourth-order valence-electron chi connectivity index (χ4n) is 1.35. The lowest BCUT2D eigenvalue weighted by atomic mass is 10.1. The van der Waals surface area contributed by atoms with Crippen LogP contribution < -0.4 is 0 Å². The maximum absolute atomic E-state index is 12.3. The summed E-state index contributed by atoms with van der Waals surface area (Å²) in [6, 6.07) is 7.03. The van der Waals surface area contributed by atoms with Gasteiger partial charge in [0.1, 0.15) is 6.61 Å². The highest BCUT2D eigenvalue weighted by Crippen LogP contribution is 2.33. The van der Waals surface area contributed by atoms with Crippen molar-refractivity contribution in [3.63, 3.8) is 0 Å². The van der Waals surface area contributed by atoms with Crippen LogP contribution in [-0.4, -0.2) is 19.0 Å². The van der Waals surface area contributed by atoms with Crippen molar-refractivity contribution in [3.8, 4) is 0 Å². The Hall–Kier alpha value is -1.24. The second-order valence-electron chi connectivity index (χ2n) is 3.64. The number of halogens is 6. The van der Waals surface area contributed by atoms with Crippen molar-refractivity contribution in [1.82, 2.24) is 0 Å². The fraction of sp³-hybridized carbons (Fsp3) is 0.455. The molecule has 102 valence electrons. The molecule has 18 heavy (non-hydrogen) atoms. The van der Waals surface area contributed by atoms with Gasteiger partial charge in [-0.05, 0) is 5.56 Å². The third-order valence-corrected chi connectivity index (χ3v) is 2.04. The minimum atomic E-state index is -4.65. The van der Waals surface area contributed by atoms with Crippen LogP contribution in [-0.2, 0) is 4.74 Å². The van der Waals surface area contributed by atoms with E-state index < -0.39 is 31.5 Å². The van der Waals surface area contributed by atoms with Crippen molar-refractivity contribution in [2.45, 2.75) is 24.9 Å². The van der Waals surface area contributed by atoms with Crippen LogP contribution >= 0.6 is 0 Å². The first-order chi connectivity index (χ1) is 8.17. The fourth-order valence-corrected chi connectivity index (χ4v) is 1.35. The van der Waals surface area contributed by atoms with Crippen LogP contribution in [0, 0.1) is 0 Å². The van der Waals surface area contributed by atoms with Crippen LogP contribution in [0.4, 0.5) is 26.3 Å². The Morgan fingerprint density at radius 3 is 1.89 bits per heavy atom. The van der Waals surface area contributed by atoms with Gasteiger partial charge in [-0.25, -0.2) is 0 Å². The van der Waals surface area contributed by atoms with Crippen LogP contribution in [0.2, 0.25) is 0 Å². The van der Waals surface area contributed by atoms with E-state index in [0.717, 1.165) is 0 Å². The standard InChI is InChI=1S/C11H10F6O/c12-10(13,14)6-9(18-7-11(15,16)17)8-4-2-1-3-5-8/h1-5,9H,6-7H2. The summed E-state index contributed by atoms with van der Waals surface area (Å²) in [4.78, 5) is 0. The highest BCUT2D eigenvalue weighted by Gasteiger charge is 2.36. The molecule has 0 N–H and O–H groups in total. The van der Waals surface area contributed by atoms with Gasteiger partial charge in [0.25, 0.3) is 0 Å². The van der Waals surface area contributed by atoms with Gasteiger partial charge >= 0.3 is 12.4 Å². The van der Waals surface area contributed by atoms with Gasteiger partial charge in [-0.1, -0.05) is 30.3 Å². The van der Waals surface area contributed by atoms with E-state index >= 15 is 0 Å². The number of ether oxygens (including phenoxy) is 1. The first-order valence-electron chi connectivity index (χ1n) is 4.97. The van der Waals surface area contributed by atoms with E-state index in [1.54, 1.807) is 6.07 Å². The molecule has 0 fully saturated rings. The van der Waals surface area contributed by atoms with Crippen LogP contribution in [0.15, 0.2) is 30.3 Å². The predicted molar refractivity (Wildman–Crippen MR) is 51.9 cm³/mol. The number of hydrogen-bond donors (Lipinski definition) is 0. The lowest BCUT2D eigenvalue weighted by molar-refractivity contribution is -0.208. The molecule has 0 saturated heterocycles. The van der Waals surface area contributed by atoms with Crippen LogP contribution in [0.1, 0.15) is 18.1 Å². The first kappa shape index (κ1) is 14.8. The maximum Gasteiger partial charge on any atom is 0.411 e. The Morgan fingerprint density at radius 2 is 1.44 bits per heavy atom. The second-order valence-corrected chi connectivity index (χ2v) is 3.64. The minimum Gasteiger partial charge on any atom is -0.364 e. The molecule has 1 nitrogen and oxygen atoms in total. The van der Waals surface area contributed by atoms with Gasteiger partial charge in [0.2, 0.25) is 0 Å². The molecule has 0 radical (unpaired) electrons. The topological polar surface area (TPSA) is 9.23 Å². The van der Waals surface area contributed by atoms with E-state index in [0.29, 0.717) is 0 Å². The van der Waals surface area contributed by atoms with Gasteiger partial charge in [0, 0.05) is 0 Å². The Labute approximate surface area is 99.4 Å². The molecule has 0 aliphatic carbocycles. The summed E-state index contributed by atoms with van der Waals surface area (Å²) in [5, 5.41) is 0. The Morgan fingerprint density at radius 1 is 0.889 bits per heavy atom.